The van der Waals surface area contributed by atoms with Crippen LogP contribution in [0.25, 0.3) is 6.08 Å². The summed E-state index contributed by atoms with van der Waals surface area (Å²) in [5.74, 6) is 0. The smallest absolute Gasteiger partial charge is 0.0950 e. The van der Waals surface area contributed by atoms with Crippen LogP contribution in [-0.2, 0) is 6.54 Å². The third-order valence-electron chi connectivity index (χ3n) is 2.97. The molecular formula is C14H25N3. The van der Waals surface area contributed by atoms with Gasteiger partial charge in [0.1, 0.15) is 0 Å². The second kappa shape index (κ2) is 7.28. The minimum absolute atomic E-state index is 0.430. The van der Waals surface area contributed by atoms with Gasteiger partial charge in [-0.3, -0.25) is 0 Å². The molecule has 0 saturated carbocycles. The van der Waals surface area contributed by atoms with E-state index in [1.165, 1.54) is 17.7 Å². The number of hydrogen-bond acceptors (Lipinski definition) is 2. The molecule has 1 unspecified atom stereocenters. The van der Waals surface area contributed by atoms with Crippen LogP contribution in [0.4, 0.5) is 0 Å². The fourth-order valence-electron chi connectivity index (χ4n) is 1.76. The lowest BCUT2D eigenvalue weighted by atomic mass is 10.1. The molecule has 0 fully saturated rings. The number of imidazole rings is 1. The standard InChI is InChI=1S/C14H25N3/c1-5-7-16-13(4)12(3)9-14-10-15-11-17(14)8-6-2/h9-11,13,16H,5-8H2,1-4H3. The number of aromatic nitrogens is 2. The maximum absolute atomic E-state index is 4.21. The molecule has 17 heavy (non-hydrogen) atoms. The summed E-state index contributed by atoms with van der Waals surface area (Å²) in [4.78, 5) is 4.21. The summed E-state index contributed by atoms with van der Waals surface area (Å²) in [5, 5.41) is 3.50. The van der Waals surface area contributed by atoms with Gasteiger partial charge in [0.05, 0.1) is 18.2 Å². The topological polar surface area (TPSA) is 29.9 Å². The van der Waals surface area contributed by atoms with Crippen molar-refractivity contribution >= 4 is 6.08 Å². The van der Waals surface area contributed by atoms with Gasteiger partial charge >= 0.3 is 0 Å². The fraction of sp³-hybridized carbons (Fsp3) is 0.643. The van der Waals surface area contributed by atoms with Gasteiger partial charge in [0.15, 0.2) is 0 Å². The largest absolute Gasteiger partial charge is 0.331 e. The lowest BCUT2D eigenvalue weighted by Crippen LogP contribution is -2.27. The van der Waals surface area contributed by atoms with E-state index < -0.39 is 0 Å². The highest BCUT2D eigenvalue weighted by atomic mass is 15.0. The predicted molar refractivity (Wildman–Crippen MR) is 73.9 cm³/mol. The lowest BCUT2D eigenvalue weighted by molar-refractivity contribution is 0.603. The van der Waals surface area contributed by atoms with E-state index in [0.717, 1.165) is 19.5 Å². The first kappa shape index (κ1) is 14.0. The molecule has 0 radical (unpaired) electrons. The quantitative estimate of drug-likeness (QED) is 0.787. The molecule has 1 heterocycles. The van der Waals surface area contributed by atoms with Crippen molar-refractivity contribution in [3.05, 3.63) is 23.8 Å². The van der Waals surface area contributed by atoms with E-state index in [1.807, 2.05) is 12.5 Å². The first-order chi connectivity index (χ1) is 8.19. The highest BCUT2D eigenvalue weighted by molar-refractivity contribution is 5.49. The Morgan fingerprint density at radius 2 is 2.24 bits per heavy atom. The molecule has 1 aromatic heterocycles. The molecule has 1 aromatic rings. The van der Waals surface area contributed by atoms with E-state index in [4.69, 9.17) is 0 Å². The molecule has 1 atom stereocenters. The summed E-state index contributed by atoms with van der Waals surface area (Å²) in [6, 6.07) is 0.430. The average Bonchev–Trinajstić information content (AvgIpc) is 2.74. The second-order valence-corrected chi connectivity index (χ2v) is 4.58. The first-order valence-electron chi connectivity index (χ1n) is 6.60. The zero-order chi connectivity index (χ0) is 12.7. The number of rotatable bonds is 7. The van der Waals surface area contributed by atoms with E-state index in [2.05, 4.69) is 48.6 Å². The SMILES string of the molecule is CCCNC(C)C(C)=Cc1cncn1CCC. The van der Waals surface area contributed by atoms with E-state index in [9.17, 15) is 0 Å². The van der Waals surface area contributed by atoms with Gasteiger partial charge in [-0.1, -0.05) is 19.4 Å². The van der Waals surface area contributed by atoms with Crippen LogP contribution in [-0.4, -0.2) is 22.1 Å². The van der Waals surface area contributed by atoms with Crippen LogP contribution < -0.4 is 5.32 Å². The normalized spacial score (nSPS) is 14.0. The monoisotopic (exact) mass is 235 g/mol. The van der Waals surface area contributed by atoms with Gasteiger partial charge < -0.3 is 9.88 Å². The van der Waals surface area contributed by atoms with Crippen molar-refractivity contribution in [2.45, 2.75) is 53.1 Å². The van der Waals surface area contributed by atoms with Crippen LogP contribution in [0.5, 0.6) is 0 Å². The van der Waals surface area contributed by atoms with Crippen LogP contribution in [0.3, 0.4) is 0 Å². The Kier molecular flexibility index (Phi) is 5.98. The third-order valence-corrected chi connectivity index (χ3v) is 2.97. The van der Waals surface area contributed by atoms with Gasteiger partial charge in [0, 0.05) is 12.6 Å². The second-order valence-electron chi connectivity index (χ2n) is 4.58. The molecule has 0 aliphatic rings. The van der Waals surface area contributed by atoms with Gasteiger partial charge in [-0.15, -0.1) is 0 Å². The molecule has 3 nitrogen and oxygen atoms in total. The molecule has 3 heteroatoms. The number of aryl methyl sites for hydroxylation is 1. The minimum atomic E-state index is 0.430. The molecule has 1 rings (SSSR count). The maximum Gasteiger partial charge on any atom is 0.0950 e. The van der Waals surface area contributed by atoms with Gasteiger partial charge in [0.2, 0.25) is 0 Å². The first-order valence-corrected chi connectivity index (χ1v) is 6.60. The zero-order valence-electron chi connectivity index (χ0n) is 11.5. The van der Waals surface area contributed by atoms with E-state index in [1.54, 1.807) is 0 Å². The Morgan fingerprint density at radius 3 is 2.88 bits per heavy atom. The van der Waals surface area contributed by atoms with Gasteiger partial charge in [-0.25, -0.2) is 4.98 Å². The van der Waals surface area contributed by atoms with Gasteiger partial charge in [-0.05, 0) is 39.3 Å². The molecule has 0 bridgehead atoms. The summed E-state index contributed by atoms with van der Waals surface area (Å²) in [7, 11) is 0. The molecular weight excluding hydrogens is 210 g/mol. The highest BCUT2D eigenvalue weighted by Crippen LogP contribution is 2.10. The zero-order valence-corrected chi connectivity index (χ0v) is 11.5. The maximum atomic E-state index is 4.21. The molecule has 96 valence electrons. The Labute approximate surface area is 105 Å². The Morgan fingerprint density at radius 1 is 1.47 bits per heavy atom. The number of nitrogens with zero attached hydrogens (tertiary/aromatic N) is 2. The van der Waals surface area contributed by atoms with Crippen LogP contribution in [0.1, 0.15) is 46.2 Å². The molecule has 0 aliphatic carbocycles. The van der Waals surface area contributed by atoms with Crippen LogP contribution in [0.15, 0.2) is 18.1 Å². The van der Waals surface area contributed by atoms with Crippen molar-refractivity contribution in [3.8, 4) is 0 Å². The molecule has 1 N–H and O–H groups in total. The number of nitrogens with one attached hydrogen (secondary N) is 1. The predicted octanol–water partition coefficient (Wildman–Crippen LogP) is 3.08. The molecule has 0 aliphatic heterocycles. The van der Waals surface area contributed by atoms with Gasteiger partial charge in [0.25, 0.3) is 0 Å². The molecule has 0 saturated heterocycles. The summed E-state index contributed by atoms with van der Waals surface area (Å²) in [6.45, 7) is 10.9. The van der Waals surface area contributed by atoms with Gasteiger partial charge in [-0.2, -0.15) is 0 Å². The van der Waals surface area contributed by atoms with E-state index in [-0.39, 0.29) is 0 Å². The van der Waals surface area contributed by atoms with Crippen LogP contribution in [0, 0.1) is 0 Å². The van der Waals surface area contributed by atoms with E-state index >= 15 is 0 Å². The lowest BCUT2D eigenvalue weighted by Gasteiger charge is -2.14. The van der Waals surface area contributed by atoms with Crippen molar-refractivity contribution in [3.63, 3.8) is 0 Å². The Hall–Kier alpha value is -1.09. The Bertz CT molecular complexity index is 352. The summed E-state index contributed by atoms with van der Waals surface area (Å²) >= 11 is 0. The molecule has 0 aromatic carbocycles. The summed E-state index contributed by atoms with van der Waals surface area (Å²) in [6.07, 6.45) is 8.39. The summed E-state index contributed by atoms with van der Waals surface area (Å²) in [5.41, 5.74) is 2.56. The minimum Gasteiger partial charge on any atom is -0.331 e. The average molecular weight is 235 g/mol. The fourth-order valence-corrected chi connectivity index (χ4v) is 1.76. The van der Waals surface area contributed by atoms with Crippen LogP contribution in [0.2, 0.25) is 0 Å². The number of hydrogen-bond donors (Lipinski definition) is 1. The third kappa shape index (κ3) is 4.35. The van der Waals surface area contributed by atoms with Crippen molar-refractivity contribution in [2.24, 2.45) is 0 Å². The van der Waals surface area contributed by atoms with Crippen molar-refractivity contribution in [2.75, 3.05) is 6.54 Å². The summed E-state index contributed by atoms with van der Waals surface area (Å²) < 4.78 is 2.20. The molecule has 0 amide bonds. The van der Waals surface area contributed by atoms with Crippen molar-refractivity contribution in [1.82, 2.24) is 14.9 Å². The van der Waals surface area contributed by atoms with E-state index in [0.29, 0.717) is 6.04 Å². The molecule has 0 spiro atoms. The van der Waals surface area contributed by atoms with Crippen molar-refractivity contribution < 1.29 is 0 Å². The van der Waals surface area contributed by atoms with Crippen molar-refractivity contribution in [1.29, 1.82) is 0 Å². The van der Waals surface area contributed by atoms with Crippen LogP contribution >= 0.6 is 0 Å². The Balaban J connectivity index is 2.68. The highest BCUT2D eigenvalue weighted by Gasteiger charge is 2.04.